The maximum absolute atomic E-state index is 3.00. The molecule has 0 atom stereocenters. The topological polar surface area (TPSA) is 3.24 Å². The molecule has 76 valence electrons. The van der Waals surface area contributed by atoms with Gasteiger partial charge in [-0.25, -0.2) is 0 Å². The highest BCUT2D eigenvalue weighted by atomic mass is 28.4. The van der Waals surface area contributed by atoms with Crippen LogP contribution in [0.5, 0.6) is 0 Å². The van der Waals surface area contributed by atoms with Crippen LogP contribution in [0.25, 0.3) is 0 Å². The second-order valence-electron chi connectivity index (χ2n) is 4.76. The summed E-state index contributed by atoms with van der Waals surface area (Å²) < 4.78 is 3.00. The van der Waals surface area contributed by atoms with Gasteiger partial charge in [-0.2, -0.15) is 0 Å². The Kier molecular flexibility index (Phi) is 3.63. The van der Waals surface area contributed by atoms with Gasteiger partial charge in [0.2, 0.25) is 0 Å². The Hall–Kier alpha value is 0.394. The van der Waals surface area contributed by atoms with E-state index in [0.29, 0.717) is 9.52 Å². The van der Waals surface area contributed by atoms with Crippen LogP contribution in [-0.4, -0.2) is 35.6 Å². The van der Waals surface area contributed by atoms with E-state index in [1.807, 2.05) is 0 Å². The third-order valence-corrected chi connectivity index (χ3v) is 14.0. The van der Waals surface area contributed by atoms with Crippen molar-refractivity contribution in [2.24, 2.45) is 0 Å². The smallest absolute Gasteiger partial charge is 0.106 e. The zero-order valence-electron chi connectivity index (χ0n) is 8.97. The van der Waals surface area contributed by atoms with Crippen molar-refractivity contribution < 1.29 is 0 Å². The highest BCUT2D eigenvalue weighted by molar-refractivity contribution is 6.84. The molecule has 0 aromatic carbocycles. The van der Waals surface area contributed by atoms with E-state index in [-0.39, 0.29) is 8.96 Å². The Bertz CT molecular complexity index is 153. The summed E-state index contributed by atoms with van der Waals surface area (Å²) in [6, 6.07) is 1.05. The van der Waals surface area contributed by atoms with E-state index in [1.165, 1.54) is 38.6 Å². The Balaban J connectivity index is 1.86. The quantitative estimate of drug-likeness (QED) is 0.639. The summed E-state index contributed by atoms with van der Waals surface area (Å²) in [5.41, 5.74) is 3.52. The number of rotatable bonds is 4. The van der Waals surface area contributed by atoms with E-state index in [0.717, 1.165) is 6.04 Å². The Morgan fingerprint density at radius 3 is 2.46 bits per heavy atom. The Labute approximate surface area is 86.4 Å². The molecule has 2 fully saturated rings. The lowest BCUT2D eigenvalue weighted by Crippen LogP contribution is -2.51. The van der Waals surface area contributed by atoms with Gasteiger partial charge in [0, 0.05) is 15.6 Å². The van der Waals surface area contributed by atoms with Crippen molar-refractivity contribution in [2.75, 3.05) is 6.54 Å². The molecular weight excluding hydrogens is 190 g/mol. The first kappa shape index (κ1) is 9.93. The largest absolute Gasteiger partial charge is 0.324 e. The first-order valence-electron chi connectivity index (χ1n) is 6.17. The van der Waals surface area contributed by atoms with Crippen LogP contribution in [0, 0.1) is 0 Å². The molecule has 1 saturated heterocycles. The van der Waals surface area contributed by atoms with Gasteiger partial charge in [-0.15, -0.1) is 0 Å². The highest BCUT2D eigenvalue weighted by Gasteiger charge is 2.32. The van der Waals surface area contributed by atoms with Crippen LogP contribution in [-0.2, 0) is 0 Å². The molecule has 2 rings (SSSR count). The van der Waals surface area contributed by atoms with Crippen molar-refractivity contribution in [3.05, 3.63) is 0 Å². The lowest BCUT2D eigenvalue weighted by Gasteiger charge is -2.40. The van der Waals surface area contributed by atoms with Gasteiger partial charge in [-0.1, -0.05) is 31.1 Å². The van der Waals surface area contributed by atoms with Gasteiger partial charge in [-0.3, -0.25) is 0 Å². The minimum absolute atomic E-state index is 0.291. The summed E-state index contributed by atoms with van der Waals surface area (Å²) in [7, 11) is 0.199. The molecule has 0 aromatic rings. The lowest BCUT2D eigenvalue weighted by atomic mass is 10.2. The van der Waals surface area contributed by atoms with Crippen molar-refractivity contribution in [3.8, 4) is 0 Å². The molecule has 2 aliphatic rings. The maximum Gasteiger partial charge on any atom is 0.106 e. The number of hydrogen-bond donors (Lipinski definition) is 0. The first-order chi connectivity index (χ1) is 6.42. The summed E-state index contributed by atoms with van der Waals surface area (Å²) in [4.78, 5) is 0. The molecule has 1 aliphatic carbocycles. The van der Waals surface area contributed by atoms with Crippen molar-refractivity contribution in [3.63, 3.8) is 0 Å². The van der Waals surface area contributed by atoms with E-state index in [2.05, 4.69) is 11.5 Å². The van der Waals surface area contributed by atoms with Crippen molar-refractivity contribution >= 4 is 18.5 Å². The van der Waals surface area contributed by atoms with Crippen LogP contribution in [0.3, 0.4) is 0 Å². The van der Waals surface area contributed by atoms with Crippen LogP contribution in [0.1, 0.15) is 39.0 Å². The van der Waals surface area contributed by atoms with Crippen LogP contribution < -0.4 is 0 Å². The molecular formula is C10H23NSi2. The van der Waals surface area contributed by atoms with Crippen molar-refractivity contribution in [1.82, 2.24) is 4.57 Å². The monoisotopic (exact) mass is 213 g/mol. The molecule has 0 unspecified atom stereocenters. The Morgan fingerprint density at radius 2 is 2.00 bits per heavy atom. The van der Waals surface area contributed by atoms with Gasteiger partial charge in [0.1, 0.15) is 8.96 Å². The molecule has 1 aliphatic heterocycles. The number of hydrogen-bond acceptors (Lipinski definition) is 1. The van der Waals surface area contributed by atoms with Crippen LogP contribution >= 0.6 is 0 Å². The molecule has 1 saturated carbocycles. The minimum Gasteiger partial charge on any atom is -0.324 e. The molecule has 0 radical (unpaired) electrons. The summed E-state index contributed by atoms with van der Waals surface area (Å²) >= 11 is 0. The molecule has 13 heavy (non-hydrogen) atoms. The Morgan fingerprint density at radius 1 is 1.31 bits per heavy atom. The average Bonchev–Trinajstić information content (AvgIpc) is 2.51. The fourth-order valence-corrected chi connectivity index (χ4v) is 10.1. The van der Waals surface area contributed by atoms with Crippen molar-refractivity contribution in [2.45, 2.75) is 56.4 Å². The minimum atomic E-state index is -0.291. The van der Waals surface area contributed by atoms with Gasteiger partial charge in [-0.05, 0) is 25.8 Å². The predicted octanol–water partition coefficient (Wildman–Crippen LogP) is 1.46. The maximum atomic E-state index is 3.00. The van der Waals surface area contributed by atoms with Gasteiger partial charge in [0.05, 0.1) is 0 Å². The molecule has 0 bridgehead atoms. The zero-order valence-corrected chi connectivity index (χ0v) is 11.5. The molecule has 0 spiro atoms. The SMILES string of the molecule is CCCN(C1CCCC1)[SiH]1C[SiH2]C1. The van der Waals surface area contributed by atoms with Gasteiger partial charge in [0.15, 0.2) is 0 Å². The van der Waals surface area contributed by atoms with Gasteiger partial charge in [0.25, 0.3) is 0 Å². The third kappa shape index (κ3) is 2.25. The summed E-state index contributed by atoms with van der Waals surface area (Å²) in [5, 5.41) is 0. The van der Waals surface area contributed by atoms with E-state index < -0.39 is 0 Å². The molecule has 0 N–H and O–H groups in total. The number of nitrogens with zero attached hydrogens (tertiary/aromatic N) is 1. The first-order valence-corrected chi connectivity index (χ1v) is 10.3. The lowest BCUT2D eigenvalue weighted by molar-refractivity contribution is 0.325. The molecule has 1 nitrogen and oxygen atoms in total. The predicted molar refractivity (Wildman–Crippen MR) is 64.6 cm³/mol. The third-order valence-electron chi connectivity index (χ3n) is 3.82. The van der Waals surface area contributed by atoms with E-state index in [9.17, 15) is 0 Å². The van der Waals surface area contributed by atoms with Crippen LogP contribution in [0.2, 0.25) is 11.3 Å². The molecule has 1 heterocycles. The summed E-state index contributed by atoms with van der Waals surface area (Å²) in [6.07, 6.45) is 7.49. The zero-order chi connectivity index (χ0) is 9.10. The fourth-order valence-electron chi connectivity index (χ4n) is 2.88. The second-order valence-corrected chi connectivity index (χ2v) is 12.1. The fraction of sp³-hybridized carbons (Fsp3) is 1.00. The van der Waals surface area contributed by atoms with Crippen LogP contribution in [0.15, 0.2) is 0 Å². The van der Waals surface area contributed by atoms with Crippen molar-refractivity contribution in [1.29, 1.82) is 0 Å². The average molecular weight is 213 g/mol. The highest BCUT2D eigenvalue weighted by Crippen LogP contribution is 2.28. The summed E-state index contributed by atoms with van der Waals surface area (Å²) in [5.74, 6) is 0. The van der Waals surface area contributed by atoms with Gasteiger partial charge >= 0.3 is 0 Å². The van der Waals surface area contributed by atoms with E-state index in [4.69, 9.17) is 0 Å². The van der Waals surface area contributed by atoms with E-state index >= 15 is 0 Å². The molecule has 3 heteroatoms. The van der Waals surface area contributed by atoms with E-state index in [1.54, 1.807) is 11.3 Å². The molecule has 0 aromatic heterocycles. The summed E-state index contributed by atoms with van der Waals surface area (Å²) in [6.45, 7) is 3.79. The standard InChI is InChI=1S/C10H23NSi2/c1-2-7-11(13-8-12-9-13)10-5-3-4-6-10/h10,13H,2-9,12H2,1H3. The van der Waals surface area contributed by atoms with Gasteiger partial charge < -0.3 is 4.57 Å². The van der Waals surface area contributed by atoms with Crippen LogP contribution in [0.4, 0.5) is 0 Å². The normalized spacial score (nSPS) is 31.4. The molecule has 0 amide bonds. The second kappa shape index (κ2) is 4.76.